The van der Waals surface area contributed by atoms with Crippen LogP contribution in [0.3, 0.4) is 0 Å². The molecular formula is C9H19O. The Morgan fingerprint density at radius 3 is 2.40 bits per heavy atom. The van der Waals surface area contributed by atoms with Crippen molar-refractivity contribution in [1.29, 1.82) is 0 Å². The van der Waals surface area contributed by atoms with E-state index in [4.69, 9.17) is 0 Å². The molecule has 0 rings (SSSR count). The molecule has 1 unspecified atom stereocenters. The molecule has 0 aliphatic carbocycles. The van der Waals surface area contributed by atoms with Crippen LogP contribution in [0, 0.1) is 5.92 Å². The molecule has 0 spiro atoms. The van der Waals surface area contributed by atoms with Gasteiger partial charge in [0, 0.05) is 0 Å². The number of hydrogen-bond acceptors (Lipinski definition) is 0. The van der Waals surface area contributed by atoms with E-state index >= 15 is 0 Å². The minimum atomic E-state index is 0.103. The van der Waals surface area contributed by atoms with E-state index in [0.29, 0.717) is 5.92 Å². The highest BCUT2D eigenvalue weighted by atomic mass is 16.3. The molecule has 0 heterocycles. The Labute approximate surface area is 64.5 Å². The lowest BCUT2D eigenvalue weighted by Gasteiger charge is -2.04. The van der Waals surface area contributed by atoms with Crippen molar-refractivity contribution in [1.82, 2.24) is 0 Å². The van der Waals surface area contributed by atoms with Crippen molar-refractivity contribution in [3.63, 3.8) is 0 Å². The maximum atomic E-state index is 10.3. The standard InChI is InChI=1S/C9H19O/c1-3-4-5-6-7-9(2)8-10/h9H,3-8H2,1-2H3. The van der Waals surface area contributed by atoms with Gasteiger partial charge in [-0.15, -0.1) is 0 Å². The van der Waals surface area contributed by atoms with Gasteiger partial charge in [-0.3, -0.25) is 0 Å². The van der Waals surface area contributed by atoms with Crippen molar-refractivity contribution in [3.05, 3.63) is 0 Å². The number of hydrogen-bond donors (Lipinski definition) is 0. The van der Waals surface area contributed by atoms with Crippen molar-refractivity contribution in [3.8, 4) is 0 Å². The van der Waals surface area contributed by atoms with E-state index in [9.17, 15) is 5.11 Å². The zero-order chi connectivity index (χ0) is 7.82. The van der Waals surface area contributed by atoms with Crippen LogP contribution in [0.1, 0.15) is 46.0 Å². The largest absolute Gasteiger partial charge is 0.236 e. The first-order valence-electron chi connectivity index (χ1n) is 4.39. The van der Waals surface area contributed by atoms with Gasteiger partial charge >= 0.3 is 0 Å². The fraction of sp³-hybridized carbons (Fsp3) is 1.00. The van der Waals surface area contributed by atoms with Gasteiger partial charge in [-0.1, -0.05) is 39.5 Å². The second-order valence-electron chi connectivity index (χ2n) is 3.12. The molecule has 0 saturated carbocycles. The Morgan fingerprint density at radius 2 is 1.90 bits per heavy atom. The molecule has 61 valence electrons. The highest BCUT2D eigenvalue weighted by molar-refractivity contribution is 4.50. The second-order valence-corrected chi connectivity index (χ2v) is 3.12. The van der Waals surface area contributed by atoms with Crippen LogP contribution >= 0.6 is 0 Å². The molecule has 0 amide bonds. The van der Waals surface area contributed by atoms with Crippen LogP contribution < -0.4 is 0 Å². The molecule has 0 aromatic rings. The third-order valence-corrected chi connectivity index (χ3v) is 1.83. The van der Waals surface area contributed by atoms with Crippen molar-refractivity contribution in [2.45, 2.75) is 46.0 Å². The van der Waals surface area contributed by atoms with Crippen LogP contribution in [0.5, 0.6) is 0 Å². The zero-order valence-corrected chi connectivity index (χ0v) is 7.23. The van der Waals surface area contributed by atoms with E-state index in [-0.39, 0.29) is 6.61 Å². The molecule has 10 heavy (non-hydrogen) atoms. The van der Waals surface area contributed by atoms with Crippen molar-refractivity contribution < 1.29 is 5.11 Å². The van der Waals surface area contributed by atoms with Crippen molar-refractivity contribution in [2.24, 2.45) is 5.92 Å². The van der Waals surface area contributed by atoms with E-state index in [0.717, 1.165) is 6.42 Å². The molecule has 0 saturated heterocycles. The summed E-state index contributed by atoms with van der Waals surface area (Å²) in [6.07, 6.45) is 6.29. The summed E-state index contributed by atoms with van der Waals surface area (Å²) < 4.78 is 0. The van der Waals surface area contributed by atoms with Gasteiger partial charge in [0.05, 0.1) is 6.61 Å². The summed E-state index contributed by atoms with van der Waals surface area (Å²) in [5, 5.41) is 10.3. The molecule has 0 fully saturated rings. The van der Waals surface area contributed by atoms with Gasteiger partial charge in [0.25, 0.3) is 0 Å². The fourth-order valence-electron chi connectivity index (χ4n) is 1.00. The van der Waals surface area contributed by atoms with Crippen LogP contribution in [-0.4, -0.2) is 6.61 Å². The topological polar surface area (TPSA) is 19.9 Å². The quantitative estimate of drug-likeness (QED) is 0.509. The lowest BCUT2D eigenvalue weighted by Crippen LogP contribution is -1.98. The summed E-state index contributed by atoms with van der Waals surface area (Å²) in [6.45, 7) is 4.35. The number of unbranched alkanes of at least 4 members (excludes halogenated alkanes) is 3. The normalized spacial score (nSPS) is 13.5. The highest BCUT2D eigenvalue weighted by Gasteiger charge is 1.98. The lowest BCUT2D eigenvalue weighted by molar-refractivity contribution is 0.145. The average molecular weight is 143 g/mol. The van der Waals surface area contributed by atoms with Gasteiger partial charge in [0.15, 0.2) is 0 Å². The summed E-state index contributed by atoms with van der Waals surface area (Å²) >= 11 is 0. The molecule has 1 nitrogen and oxygen atoms in total. The van der Waals surface area contributed by atoms with Crippen LogP contribution in [-0.2, 0) is 5.11 Å². The van der Waals surface area contributed by atoms with E-state index in [1.807, 2.05) is 6.92 Å². The van der Waals surface area contributed by atoms with E-state index in [1.54, 1.807) is 0 Å². The predicted molar refractivity (Wildman–Crippen MR) is 43.5 cm³/mol. The molecule has 0 aromatic heterocycles. The van der Waals surface area contributed by atoms with Gasteiger partial charge in [-0.25, -0.2) is 5.11 Å². The fourth-order valence-corrected chi connectivity index (χ4v) is 1.00. The molecule has 0 aliphatic heterocycles. The summed E-state index contributed by atoms with van der Waals surface area (Å²) in [4.78, 5) is 0. The zero-order valence-electron chi connectivity index (χ0n) is 7.23. The highest BCUT2D eigenvalue weighted by Crippen LogP contribution is 2.09. The average Bonchev–Trinajstić information content (AvgIpc) is 1.98. The molecular weight excluding hydrogens is 124 g/mol. The maximum Gasteiger partial charge on any atom is 0.0847 e. The third kappa shape index (κ3) is 6.09. The SMILES string of the molecule is CCCCCCC(C)C[O]. The van der Waals surface area contributed by atoms with Crippen LogP contribution in [0.2, 0.25) is 0 Å². The first kappa shape index (κ1) is 9.96. The molecule has 0 N–H and O–H groups in total. The van der Waals surface area contributed by atoms with Gasteiger partial charge in [0.2, 0.25) is 0 Å². The summed E-state index contributed by atoms with van der Waals surface area (Å²) in [5.41, 5.74) is 0. The molecule has 0 aromatic carbocycles. The summed E-state index contributed by atoms with van der Waals surface area (Å²) in [6, 6.07) is 0. The van der Waals surface area contributed by atoms with Crippen molar-refractivity contribution in [2.75, 3.05) is 6.61 Å². The Hall–Kier alpha value is -0.0400. The first-order valence-corrected chi connectivity index (χ1v) is 4.39. The van der Waals surface area contributed by atoms with Crippen LogP contribution in [0.4, 0.5) is 0 Å². The number of rotatable bonds is 6. The van der Waals surface area contributed by atoms with E-state index in [1.165, 1.54) is 25.7 Å². The van der Waals surface area contributed by atoms with Gasteiger partial charge in [-0.05, 0) is 12.3 Å². The Balaban J connectivity index is 2.89. The van der Waals surface area contributed by atoms with Gasteiger partial charge in [0.1, 0.15) is 0 Å². The molecule has 1 heteroatoms. The minimum Gasteiger partial charge on any atom is -0.236 e. The van der Waals surface area contributed by atoms with Crippen LogP contribution in [0.25, 0.3) is 0 Å². The Morgan fingerprint density at radius 1 is 1.20 bits per heavy atom. The van der Waals surface area contributed by atoms with E-state index < -0.39 is 0 Å². The Kier molecular flexibility index (Phi) is 7.04. The van der Waals surface area contributed by atoms with Gasteiger partial charge < -0.3 is 0 Å². The summed E-state index contributed by atoms with van der Waals surface area (Å²) in [5.74, 6) is 0.400. The minimum absolute atomic E-state index is 0.103. The third-order valence-electron chi connectivity index (χ3n) is 1.83. The van der Waals surface area contributed by atoms with E-state index in [2.05, 4.69) is 6.92 Å². The molecule has 1 atom stereocenters. The first-order chi connectivity index (χ1) is 4.81. The summed E-state index contributed by atoms with van der Waals surface area (Å²) in [7, 11) is 0. The van der Waals surface area contributed by atoms with Crippen LogP contribution in [0.15, 0.2) is 0 Å². The Bertz CT molecular complexity index is 61.7. The second kappa shape index (κ2) is 7.07. The lowest BCUT2D eigenvalue weighted by atomic mass is 10.0. The monoisotopic (exact) mass is 143 g/mol. The maximum absolute atomic E-state index is 10.3. The smallest absolute Gasteiger partial charge is 0.0847 e. The van der Waals surface area contributed by atoms with Gasteiger partial charge in [-0.2, -0.15) is 0 Å². The molecule has 0 aliphatic rings. The molecule has 1 radical (unpaired) electrons. The molecule has 0 bridgehead atoms. The predicted octanol–water partition coefficient (Wildman–Crippen LogP) is 3.02. The van der Waals surface area contributed by atoms with Crippen molar-refractivity contribution >= 4 is 0 Å².